The summed E-state index contributed by atoms with van der Waals surface area (Å²) in [5, 5.41) is 0. The summed E-state index contributed by atoms with van der Waals surface area (Å²) in [4.78, 5) is 2.58. The van der Waals surface area contributed by atoms with Gasteiger partial charge in [0.05, 0.1) is 6.10 Å². The van der Waals surface area contributed by atoms with Gasteiger partial charge in [-0.1, -0.05) is 20.3 Å². The van der Waals surface area contributed by atoms with Crippen molar-refractivity contribution >= 4 is 0 Å². The van der Waals surface area contributed by atoms with E-state index in [4.69, 9.17) is 10.5 Å². The second kappa shape index (κ2) is 6.58. The predicted octanol–water partition coefficient (Wildman–Crippen LogP) is 2.00. The molecule has 2 N–H and O–H groups in total. The molecule has 0 aliphatic carbocycles. The van der Waals surface area contributed by atoms with E-state index in [1.165, 1.54) is 12.8 Å². The molecule has 2 unspecified atom stereocenters. The Labute approximate surface area is 100 Å². The summed E-state index contributed by atoms with van der Waals surface area (Å²) >= 11 is 0. The average molecular weight is 228 g/mol. The van der Waals surface area contributed by atoms with Gasteiger partial charge in [-0.3, -0.25) is 4.90 Å². The molecule has 1 aliphatic rings. The van der Waals surface area contributed by atoms with Gasteiger partial charge in [-0.05, 0) is 26.2 Å². The highest BCUT2D eigenvalue weighted by Gasteiger charge is 2.34. The number of nitrogens with two attached hydrogens (primary N) is 1. The third-order valence-corrected chi connectivity index (χ3v) is 3.88. The molecule has 1 heterocycles. The van der Waals surface area contributed by atoms with Crippen LogP contribution in [0.5, 0.6) is 0 Å². The van der Waals surface area contributed by atoms with E-state index in [1.807, 2.05) is 0 Å². The molecule has 0 aromatic heterocycles. The number of nitrogens with zero attached hydrogens (tertiary/aromatic N) is 1. The zero-order chi connectivity index (χ0) is 12.0. The first-order valence-electron chi connectivity index (χ1n) is 6.75. The Kier molecular flexibility index (Phi) is 5.73. The summed E-state index contributed by atoms with van der Waals surface area (Å²) < 4.78 is 5.71. The molecule has 16 heavy (non-hydrogen) atoms. The first-order chi connectivity index (χ1) is 7.68. The summed E-state index contributed by atoms with van der Waals surface area (Å²) in [7, 11) is 0. The van der Waals surface area contributed by atoms with Crippen molar-refractivity contribution < 1.29 is 4.74 Å². The molecule has 0 spiro atoms. The third-order valence-electron chi connectivity index (χ3n) is 3.88. The van der Waals surface area contributed by atoms with Crippen molar-refractivity contribution in [3.8, 4) is 0 Å². The predicted molar refractivity (Wildman–Crippen MR) is 68.6 cm³/mol. The van der Waals surface area contributed by atoms with Gasteiger partial charge in [0.1, 0.15) is 0 Å². The molecule has 0 bridgehead atoms. The summed E-state index contributed by atoms with van der Waals surface area (Å²) in [6, 6.07) is 0. The zero-order valence-corrected chi connectivity index (χ0v) is 11.2. The Bertz CT molecular complexity index is 192. The first-order valence-corrected chi connectivity index (χ1v) is 6.75. The van der Waals surface area contributed by atoms with Crippen LogP contribution >= 0.6 is 0 Å². The second-order valence-corrected chi connectivity index (χ2v) is 5.01. The summed E-state index contributed by atoms with van der Waals surface area (Å²) in [6.45, 7) is 10.5. The van der Waals surface area contributed by atoms with Crippen molar-refractivity contribution in [2.75, 3.05) is 26.2 Å². The van der Waals surface area contributed by atoms with Crippen LogP contribution in [-0.4, -0.2) is 42.8 Å². The lowest BCUT2D eigenvalue weighted by atomic mass is 9.88. The topological polar surface area (TPSA) is 38.5 Å². The van der Waals surface area contributed by atoms with Gasteiger partial charge >= 0.3 is 0 Å². The molecule has 0 radical (unpaired) electrons. The largest absolute Gasteiger partial charge is 0.377 e. The smallest absolute Gasteiger partial charge is 0.0674 e. The SMILES string of the molecule is CCCC(CC)(CN)N1CCCOC(C)C1. The van der Waals surface area contributed by atoms with Crippen LogP contribution in [0.4, 0.5) is 0 Å². The maximum absolute atomic E-state index is 6.05. The molecule has 2 atom stereocenters. The maximum atomic E-state index is 6.05. The van der Waals surface area contributed by atoms with E-state index in [0.29, 0.717) is 6.10 Å². The summed E-state index contributed by atoms with van der Waals surface area (Å²) in [6.07, 6.45) is 5.03. The van der Waals surface area contributed by atoms with Crippen molar-refractivity contribution in [2.45, 2.75) is 58.1 Å². The lowest BCUT2D eigenvalue weighted by Crippen LogP contribution is -2.55. The molecule has 1 saturated heterocycles. The van der Waals surface area contributed by atoms with Crippen molar-refractivity contribution in [3.05, 3.63) is 0 Å². The molecule has 1 fully saturated rings. The van der Waals surface area contributed by atoms with Crippen LogP contribution in [0.1, 0.15) is 46.5 Å². The number of hydrogen-bond donors (Lipinski definition) is 1. The lowest BCUT2D eigenvalue weighted by molar-refractivity contribution is 0.0319. The van der Waals surface area contributed by atoms with E-state index in [2.05, 4.69) is 25.7 Å². The van der Waals surface area contributed by atoms with Gasteiger partial charge in [-0.2, -0.15) is 0 Å². The highest BCUT2D eigenvalue weighted by Crippen LogP contribution is 2.26. The minimum Gasteiger partial charge on any atom is -0.377 e. The Balaban J connectivity index is 2.74. The minimum atomic E-state index is 0.205. The molecule has 0 aromatic rings. The van der Waals surface area contributed by atoms with Crippen molar-refractivity contribution in [3.63, 3.8) is 0 Å². The van der Waals surface area contributed by atoms with E-state index in [0.717, 1.165) is 39.1 Å². The maximum Gasteiger partial charge on any atom is 0.0674 e. The van der Waals surface area contributed by atoms with Crippen LogP contribution < -0.4 is 5.73 Å². The molecule has 3 heteroatoms. The average Bonchev–Trinajstić information content (AvgIpc) is 2.51. The van der Waals surface area contributed by atoms with E-state index < -0.39 is 0 Å². The molecule has 1 aliphatic heterocycles. The third kappa shape index (κ3) is 3.19. The highest BCUT2D eigenvalue weighted by atomic mass is 16.5. The molecule has 96 valence electrons. The van der Waals surface area contributed by atoms with Gasteiger partial charge in [0.25, 0.3) is 0 Å². The van der Waals surface area contributed by atoms with E-state index in [1.54, 1.807) is 0 Å². The van der Waals surface area contributed by atoms with Gasteiger partial charge in [-0.25, -0.2) is 0 Å². The Morgan fingerprint density at radius 1 is 1.44 bits per heavy atom. The van der Waals surface area contributed by atoms with Crippen LogP contribution in [0.15, 0.2) is 0 Å². The van der Waals surface area contributed by atoms with Crippen LogP contribution in [-0.2, 0) is 4.74 Å². The number of ether oxygens (including phenoxy) is 1. The Morgan fingerprint density at radius 3 is 2.75 bits per heavy atom. The normalized spacial score (nSPS) is 27.4. The molecule has 0 aromatic carbocycles. The van der Waals surface area contributed by atoms with Crippen molar-refractivity contribution in [2.24, 2.45) is 5.73 Å². The summed E-state index contributed by atoms with van der Waals surface area (Å²) in [5.74, 6) is 0. The zero-order valence-electron chi connectivity index (χ0n) is 11.2. The number of rotatable bonds is 5. The Hall–Kier alpha value is -0.120. The molecule has 1 rings (SSSR count). The fourth-order valence-corrected chi connectivity index (χ4v) is 2.82. The van der Waals surface area contributed by atoms with Gasteiger partial charge in [0.15, 0.2) is 0 Å². The van der Waals surface area contributed by atoms with E-state index in [9.17, 15) is 0 Å². The van der Waals surface area contributed by atoms with Crippen LogP contribution in [0.2, 0.25) is 0 Å². The van der Waals surface area contributed by atoms with Gasteiger partial charge in [0, 0.05) is 31.8 Å². The van der Waals surface area contributed by atoms with E-state index in [-0.39, 0.29) is 5.54 Å². The van der Waals surface area contributed by atoms with Gasteiger partial charge in [0.2, 0.25) is 0 Å². The number of hydrogen-bond acceptors (Lipinski definition) is 3. The highest BCUT2D eigenvalue weighted by molar-refractivity contribution is 4.91. The van der Waals surface area contributed by atoms with E-state index >= 15 is 0 Å². The lowest BCUT2D eigenvalue weighted by Gasteiger charge is -2.43. The van der Waals surface area contributed by atoms with Crippen LogP contribution in [0.3, 0.4) is 0 Å². The molecule has 0 amide bonds. The van der Waals surface area contributed by atoms with Gasteiger partial charge < -0.3 is 10.5 Å². The molecule has 0 saturated carbocycles. The fraction of sp³-hybridized carbons (Fsp3) is 1.00. The molecule has 3 nitrogen and oxygen atoms in total. The standard InChI is InChI=1S/C13H28N2O/c1-4-7-13(5-2,11-14)15-8-6-9-16-12(3)10-15/h12H,4-11,14H2,1-3H3. The van der Waals surface area contributed by atoms with Crippen molar-refractivity contribution in [1.29, 1.82) is 0 Å². The Morgan fingerprint density at radius 2 is 2.19 bits per heavy atom. The summed E-state index contributed by atoms with van der Waals surface area (Å²) in [5.41, 5.74) is 6.25. The van der Waals surface area contributed by atoms with Crippen molar-refractivity contribution in [1.82, 2.24) is 4.90 Å². The fourth-order valence-electron chi connectivity index (χ4n) is 2.82. The van der Waals surface area contributed by atoms with Gasteiger partial charge in [-0.15, -0.1) is 0 Å². The second-order valence-electron chi connectivity index (χ2n) is 5.01. The molecular formula is C13H28N2O. The van der Waals surface area contributed by atoms with Crippen LogP contribution in [0.25, 0.3) is 0 Å². The first kappa shape index (κ1) is 13.9. The molecular weight excluding hydrogens is 200 g/mol. The van der Waals surface area contributed by atoms with Crippen LogP contribution in [0, 0.1) is 0 Å². The minimum absolute atomic E-state index is 0.205. The monoisotopic (exact) mass is 228 g/mol. The quantitative estimate of drug-likeness (QED) is 0.782.